The molecular weight excluding hydrogens is 907 g/mol. The summed E-state index contributed by atoms with van der Waals surface area (Å²) in [4.78, 5) is 47.7. The number of carbonyl (C=O) groups is 2. The molecule has 18 heteroatoms. The van der Waals surface area contributed by atoms with E-state index in [1.807, 2.05) is 45.1 Å². The first-order chi connectivity index (χ1) is 33.2. The summed E-state index contributed by atoms with van der Waals surface area (Å²) in [7, 11) is 8.71. The van der Waals surface area contributed by atoms with E-state index in [9.17, 15) is 25.1 Å². The number of anilines is 1. The number of piperazine rings is 1. The van der Waals surface area contributed by atoms with Crippen LogP contribution in [-0.4, -0.2) is 111 Å². The molecule has 0 saturated carbocycles. The number of phenols is 2. The SMILES string of the molecule is COc1cc2c(cc1OC(=O)Cc1cc(=O)oc3cc(N(C)C)ccc13)CCN[C@]21CS[C@@H]2c3c(O)c(C)c4c(c3[C@H](COC1=O)N1C2[C@H]2c3c(cc(C)c(OC)c3O)C[C@@H]([C@@H]1C#N)N2C)OCO4. The molecule has 0 aliphatic carbocycles. The zero-order valence-corrected chi connectivity index (χ0v) is 39.9. The number of likely N-dealkylation sites (N-methyl/N-ethyl adjacent to an activating group) is 1. The smallest absolute Gasteiger partial charge is 0.336 e. The zero-order chi connectivity index (χ0) is 48.4. The first kappa shape index (κ1) is 44.8. The zero-order valence-electron chi connectivity index (χ0n) is 39.1. The molecule has 2 fully saturated rings. The average molecular weight is 958 g/mol. The third-order valence-electron chi connectivity index (χ3n) is 15.1. The van der Waals surface area contributed by atoms with Gasteiger partial charge < -0.3 is 48.0 Å². The molecule has 0 amide bonds. The number of rotatable bonds is 6. The van der Waals surface area contributed by atoms with Crippen molar-refractivity contribution in [3.8, 4) is 46.3 Å². The van der Waals surface area contributed by atoms with Crippen LogP contribution in [0.3, 0.4) is 0 Å². The topological polar surface area (TPSA) is 206 Å². The second kappa shape index (κ2) is 16.5. The molecular formula is C51H51N5O12S. The number of ether oxygens (including phenoxy) is 6. The van der Waals surface area contributed by atoms with E-state index in [1.165, 1.54) is 32.0 Å². The van der Waals surface area contributed by atoms with Crippen LogP contribution in [0.1, 0.15) is 67.4 Å². The van der Waals surface area contributed by atoms with Crippen LogP contribution in [0.25, 0.3) is 11.0 Å². The third kappa shape index (κ3) is 6.64. The maximum Gasteiger partial charge on any atom is 0.336 e. The van der Waals surface area contributed by atoms with Crippen molar-refractivity contribution in [2.24, 2.45) is 0 Å². The molecule has 1 spiro atoms. The quantitative estimate of drug-likeness (QED) is 0.111. The minimum Gasteiger partial charge on any atom is -0.507 e. The predicted molar refractivity (Wildman–Crippen MR) is 253 cm³/mol. The summed E-state index contributed by atoms with van der Waals surface area (Å²) < 4.78 is 41.8. The first-order valence-corrected chi connectivity index (χ1v) is 23.9. The van der Waals surface area contributed by atoms with Gasteiger partial charge in [-0.1, -0.05) is 6.07 Å². The Morgan fingerprint density at radius 2 is 1.78 bits per heavy atom. The van der Waals surface area contributed by atoms with Crippen molar-refractivity contribution in [2.45, 2.75) is 74.1 Å². The van der Waals surface area contributed by atoms with Crippen LogP contribution >= 0.6 is 11.8 Å². The number of nitriles is 1. The summed E-state index contributed by atoms with van der Waals surface area (Å²) in [5.74, 6) is 0.481. The molecule has 8 heterocycles. The number of nitrogens with zero attached hydrogens (tertiary/aromatic N) is 4. The molecule has 7 atom stereocenters. The number of aromatic hydroxyl groups is 2. The van der Waals surface area contributed by atoms with Gasteiger partial charge in [0.15, 0.2) is 40.0 Å². The van der Waals surface area contributed by atoms with E-state index in [2.05, 4.69) is 21.2 Å². The summed E-state index contributed by atoms with van der Waals surface area (Å²) in [5.41, 5.74) is 4.92. The standard InChI is InChI=1S/C51H51N5O12S/c1-23-12-27-13-31-32(19-52)56-33-20-64-50(61)51(21-69-49(41-40(33)48-47(65-22-66-48)24(2)44(41)59)43(56)42(55(31)5)39(27)45(60)46(23)63-7)30-18-35(62-6)36(14-25(30)10-11-53-51)68-38(58)16-26-15-37(57)67-34-17-28(54(3)4)8-9-29(26)34/h8-9,12,14-15,17-18,31-33,42-43,49,53,59-60H,10-11,13,16,20-22H2,1-7H3/t31-,32-,33-,42+,43?,49+,51+/m0/s1. The van der Waals surface area contributed by atoms with Crippen LogP contribution in [0.4, 0.5) is 5.69 Å². The van der Waals surface area contributed by atoms with E-state index < -0.39 is 52.5 Å². The maximum absolute atomic E-state index is 15.1. The largest absolute Gasteiger partial charge is 0.507 e. The predicted octanol–water partition coefficient (Wildman–Crippen LogP) is 5.38. The average Bonchev–Trinajstić information content (AvgIpc) is 3.82. The van der Waals surface area contributed by atoms with Crippen molar-refractivity contribution in [1.29, 1.82) is 5.26 Å². The summed E-state index contributed by atoms with van der Waals surface area (Å²) in [6.07, 6.45) is 0.703. The Morgan fingerprint density at radius 1 is 0.986 bits per heavy atom. The second-order valence-electron chi connectivity index (χ2n) is 18.8. The highest BCUT2D eigenvalue weighted by Gasteiger charge is 2.61. The summed E-state index contributed by atoms with van der Waals surface area (Å²) in [6, 6.07) is 11.9. The van der Waals surface area contributed by atoms with Gasteiger partial charge in [0.1, 0.15) is 24.0 Å². The van der Waals surface area contributed by atoms with Crippen LogP contribution in [0.5, 0.6) is 40.2 Å². The molecule has 5 aromatic rings. The molecule has 2 saturated heterocycles. The Kier molecular flexibility index (Phi) is 10.7. The van der Waals surface area contributed by atoms with Crippen molar-refractivity contribution >= 4 is 40.4 Å². The Bertz CT molecular complexity index is 3130. The lowest BCUT2D eigenvalue weighted by Gasteiger charge is -2.62. The Hall–Kier alpha value is -6.65. The molecule has 1 aromatic heterocycles. The third-order valence-corrected chi connectivity index (χ3v) is 16.6. The minimum atomic E-state index is -1.47. The molecule has 358 valence electrons. The van der Waals surface area contributed by atoms with Gasteiger partial charge in [0, 0.05) is 83.9 Å². The second-order valence-corrected chi connectivity index (χ2v) is 19.9. The number of nitrogens with one attached hydrogen (secondary N) is 1. The monoisotopic (exact) mass is 957 g/mol. The highest BCUT2D eigenvalue weighted by molar-refractivity contribution is 7.99. The molecule has 17 nitrogen and oxygen atoms in total. The number of fused-ring (bicyclic) bond motifs is 10. The lowest BCUT2D eigenvalue weighted by atomic mass is 9.71. The van der Waals surface area contributed by atoms with Gasteiger partial charge in [-0.3, -0.25) is 19.9 Å². The van der Waals surface area contributed by atoms with Gasteiger partial charge in [0.25, 0.3) is 0 Å². The number of esters is 2. The molecule has 3 N–H and O–H groups in total. The van der Waals surface area contributed by atoms with E-state index in [0.29, 0.717) is 81.0 Å². The van der Waals surface area contributed by atoms with Gasteiger partial charge >= 0.3 is 17.6 Å². The molecule has 4 bridgehead atoms. The fraction of sp³-hybridized carbons (Fsp3) is 0.412. The number of hydrogen-bond donors (Lipinski definition) is 3. The van der Waals surface area contributed by atoms with Gasteiger partial charge in [0.2, 0.25) is 6.79 Å². The van der Waals surface area contributed by atoms with Crippen LogP contribution in [-0.2, 0) is 39.1 Å². The maximum atomic E-state index is 15.1. The van der Waals surface area contributed by atoms with Gasteiger partial charge in [-0.15, -0.1) is 11.8 Å². The van der Waals surface area contributed by atoms with E-state index in [0.717, 1.165) is 22.4 Å². The van der Waals surface area contributed by atoms with Crippen molar-refractivity contribution in [3.63, 3.8) is 0 Å². The molecule has 0 radical (unpaired) electrons. The molecule has 4 aromatic carbocycles. The van der Waals surface area contributed by atoms with Gasteiger partial charge in [-0.2, -0.15) is 5.26 Å². The molecule has 1 unspecified atom stereocenters. The molecule has 7 aliphatic heterocycles. The number of phenolic OH excluding ortho intramolecular Hbond substituents is 2. The number of carbonyl (C=O) groups excluding carboxylic acids is 2. The molecule has 7 aliphatic rings. The normalized spacial score (nSPS) is 25.4. The lowest BCUT2D eigenvalue weighted by molar-refractivity contribution is -0.157. The van der Waals surface area contributed by atoms with Gasteiger partial charge in [-0.05, 0) is 85.8 Å². The minimum absolute atomic E-state index is 0.0187. The van der Waals surface area contributed by atoms with E-state index in [-0.39, 0.29) is 54.6 Å². The van der Waals surface area contributed by atoms with Crippen LogP contribution < -0.4 is 39.5 Å². The van der Waals surface area contributed by atoms with E-state index >= 15 is 4.79 Å². The fourth-order valence-electron chi connectivity index (χ4n) is 11.9. The van der Waals surface area contributed by atoms with E-state index in [4.69, 9.17) is 32.8 Å². The highest BCUT2D eigenvalue weighted by atomic mass is 32.2. The molecule has 12 rings (SSSR count). The summed E-state index contributed by atoms with van der Waals surface area (Å²) >= 11 is 1.44. The molecule has 69 heavy (non-hydrogen) atoms. The van der Waals surface area contributed by atoms with Gasteiger partial charge in [-0.25, -0.2) is 9.59 Å². The van der Waals surface area contributed by atoms with Crippen molar-refractivity contribution < 1.29 is 52.6 Å². The van der Waals surface area contributed by atoms with Crippen molar-refractivity contribution in [2.75, 3.05) is 66.0 Å². The summed E-state index contributed by atoms with van der Waals surface area (Å²) in [5, 5.41) is 39.3. The number of benzene rings is 4. The number of methoxy groups -OCH3 is 2. The Morgan fingerprint density at radius 3 is 2.54 bits per heavy atom. The lowest BCUT2D eigenvalue weighted by Crippen LogP contribution is -2.69. The van der Waals surface area contributed by atoms with Crippen LogP contribution in [0, 0.1) is 25.2 Å². The van der Waals surface area contributed by atoms with Crippen LogP contribution in [0.15, 0.2) is 51.7 Å². The first-order valence-electron chi connectivity index (χ1n) is 22.8. The highest BCUT2D eigenvalue weighted by Crippen LogP contribution is 2.64. The number of aryl methyl sites for hydroxylation is 1. The van der Waals surface area contributed by atoms with Gasteiger partial charge in [0.05, 0.1) is 44.0 Å². The Balaban J connectivity index is 1.01. The van der Waals surface area contributed by atoms with E-state index in [1.54, 1.807) is 31.2 Å². The van der Waals surface area contributed by atoms with Crippen molar-refractivity contribution in [3.05, 3.63) is 103 Å². The number of hydrogen-bond acceptors (Lipinski definition) is 18. The Labute approximate surface area is 401 Å². The fourth-order valence-corrected chi connectivity index (χ4v) is 13.6. The number of thioether (sulfide) groups is 1. The summed E-state index contributed by atoms with van der Waals surface area (Å²) in [6.45, 7) is 3.74. The van der Waals surface area contributed by atoms with Crippen LogP contribution in [0.2, 0.25) is 0 Å². The van der Waals surface area contributed by atoms with Crippen molar-refractivity contribution in [1.82, 2.24) is 15.1 Å².